The molecule has 33 heavy (non-hydrogen) atoms. The molecule has 2 N–H and O–H groups in total. The first-order chi connectivity index (χ1) is 16.1. The van der Waals surface area contributed by atoms with E-state index in [1.807, 2.05) is 36.2 Å². The maximum absolute atomic E-state index is 9.29. The molecule has 0 amide bonds. The molecule has 0 saturated carbocycles. The van der Waals surface area contributed by atoms with Gasteiger partial charge in [0.1, 0.15) is 12.1 Å². The minimum atomic E-state index is 0.0834. The van der Waals surface area contributed by atoms with Crippen LogP contribution in [0.3, 0.4) is 0 Å². The minimum Gasteiger partial charge on any atom is -0.493 e. The molecule has 3 aromatic rings. The largest absolute Gasteiger partial charge is 0.493 e. The predicted molar refractivity (Wildman–Crippen MR) is 129 cm³/mol. The van der Waals surface area contributed by atoms with Crippen molar-refractivity contribution in [3.63, 3.8) is 0 Å². The fraction of sp³-hybridized carbons (Fsp3) is 0.391. The van der Waals surface area contributed by atoms with E-state index >= 15 is 0 Å². The summed E-state index contributed by atoms with van der Waals surface area (Å²) < 4.78 is 22.8. The van der Waals surface area contributed by atoms with E-state index < -0.39 is 0 Å². The van der Waals surface area contributed by atoms with Crippen molar-refractivity contribution in [2.24, 2.45) is 0 Å². The fourth-order valence-corrected chi connectivity index (χ4v) is 3.84. The molecule has 0 fully saturated rings. The topological polar surface area (TPSA) is 98.2 Å². The number of aromatic nitrogens is 2. The number of alkyl halides is 1. The van der Waals surface area contributed by atoms with E-state index in [1.165, 1.54) is 6.33 Å². The Bertz CT molecular complexity index is 1110. The quantitative estimate of drug-likeness (QED) is 0.290. The second-order valence-electron chi connectivity index (χ2n) is 7.55. The van der Waals surface area contributed by atoms with E-state index in [-0.39, 0.29) is 13.4 Å². The third-order valence-electron chi connectivity index (χ3n) is 5.25. The third kappa shape index (κ3) is 5.23. The summed E-state index contributed by atoms with van der Waals surface area (Å²) in [5, 5.41) is 14.4. The second kappa shape index (κ2) is 10.9. The van der Waals surface area contributed by atoms with Gasteiger partial charge in [-0.3, -0.25) is 4.90 Å². The zero-order chi connectivity index (χ0) is 23.2. The van der Waals surface area contributed by atoms with Crippen LogP contribution in [0.1, 0.15) is 12.0 Å². The molecule has 0 saturated heterocycles. The second-order valence-corrected chi connectivity index (χ2v) is 8.35. The van der Waals surface area contributed by atoms with Gasteiger partial charge in [-0.25, -0.2) is 9.97 Å². The lowest BCUT2D eigenvalue weighted by atomic mass is 10.1. The maximum Gasteiger partial charge on any atom is 0.231 e. The molecule has 10 heteroatoms. The van der Waals surface area contributed by atoms with Crippen LogP contribution < -0.4 is 24.3 Å². The molecular formula is C23H27BrN4O5. The number of methoxy groups -OCH3 is 1. The zero-order valence-electron chi connectivity index (χ0n) is 18.6. The van der Waals surface area contributed by atoms with Crippen molar-refractivity contribution < 1.29 is 24.1 Å². The zero-order valence-corrected chi connectivity index (χ0v) is 20.2. The number of fused-ring (bicyclic) bond motifs is 2. The van der Waals surface area contributed by atoms with Crippen molar-refractivity contribution in [3.05, 3.63) is 36.2 Å². The smallest absolute Gasteiger partial charge is 0.231 e. The Morgan fingerprint density at radius 1 is 1.21 bits per heavy atom. The summed E-state index contributed by atoms with van der Waals surface area (Å²) in [6.07, 6.45) is 2.38. The summed E-state index contributed by atoms with van der Waals surface area (Å²) >= 11 is 3.42. The van der Waals surface area contributed by atoms with Crippen LogP contribution in [0.15, 0.2) is 30.6 Å². The highest BCUT2D eigenvalue weighted by atomic mass is 79.9. The van der Waals surface area contributed by atoms with Crippen molar-refractivity contribution in [2.75, 3.05) is 51.4 Å². The van der Waals surface area contributed by atoms with Gasteiger partial charge in [0.15, 0.2) is 23.0 Å². The van der Waals surface area contributed by atoms with E-state index in [4.69, 9.17) is 18.9 Å². The average molecular weight is 519 g/mol. The standard InChI is InChI=1S/C23H27BrN4O5/c1-28(7-8-29)12-15-4-5-18-22(33-14-32-18)21(15)27-23-16-10-20(31-9-3-6-24)19(30-2)11-17(16)25-13-26-23/h4-5,10-11,13,29H,3,6-9,12,14H2,1-2H3,(H,25,26,27). The molecule has 176 valence electrons. The van der Waals surface area contributed by atoms with Crippen LogP contribution in [0.4, 0.5) is 11.5 Å². The highest BCUT2D eigenvalue weighted by Gasteiger charge is 2.23. The van der Waals surface area contributed by atoms with Crippen LogP contribution in [-0.2, 0) is 6.54 Å². The summed E-state index contributed by atoms with van der Waals surface area (Å²) in [7, 11) is 3.56. The van der Waals surface area contributed by atoms with Crippen molar-refractivity contribution >= 4 is 38.3 Å². The highest BCUT2D eigenvalue weighted by molar-refractivity contribution is 9.09. The number of halogens is 1. The van der Waals surface area contributed by atoms with Crippen molar-refractivity contribution in [2.45, 2.75) is 13.0 Å². The number of benzene rings is 2. The van der Waals surface area contributed by atoms with E-state index in [9.17, 15) is 5.11 Å². The lowest BCUT2D eigenvalue weighted by molar-refractivity contribution is 0.174. The van der Waals surface area contributed by atoms with Crippen molar-refractivity contribution in [1.82, 2.24) is 14.9 Å². The number of anilines is 2. The lowest BCUT2D eigenvalue weighted by Crippen LogP contribution is -2.22. The number of aliphatic hydroxyl groups excluding tert-OH is 1. The molecule has 1 aliphatic rings. The Morgan fingerprint density at radius 3 is 2.88 bits per heavy atom. The van der Waals surface area contributed by atoms with Gasteiger partial charge in [-0.2, -0.15) is 0 Å². The van der Waals surface area contributed by atoms with Gasteiger partial charge in [0.25, 0.3) is 0 Å². The fourth-order valence-electron chi connectivity index (χ4n) is 3.61. The van der Waals surface area contributed by atoms with Gasteiger partial charge in [0.2, 0.25) is 6.79 Å². The third-order valence-corrected chi connectivity index (χ3v) is 5.81. The van der Waals surface area contributed by atoms with Crippen LogP contribution in [0.5, 0.6) is 23.0 Å². The van der Waals surface area contributed by atoms with Crippen LogP contribution in [-0.4, -0.2) is 66.0 Å². The van der Waals surface area contributed by atoms with Crippen LogP contribution in [0.2, 0.25) is 0 Å². The molecule has 0 atom stereocenters. The molecule has 1 aliphatic heterocycles. The summed E-state index contributed by atoms with van der Waals surface area (Å²) in [6, 6.07) is 7.62. The molecule has 0 unspecified atom stereocenters. The number of aliphatic hydroxyl groups is 1. The first kappa shape index (κ1) is 23.3. The van der Waals surface area contributed by atoms with Crippen molar-refractivity contribution in [1.29, 1.82) is 0 Å². The number of hydrogen-bond acceptors (Lipinski definition) is 9. The summed E-state index contributed by atoms with van der Waals surface area (Å²) in [5.41, 5.74) is 2.48. The Hall–Kier alpha value is -2.82. The number of hydrogen-bond donors (Lipinski definition) is 2. The average Bonchev–Trinajstić information content (AvgIpc) is 3.30. The lowest BCUT2D eigenvalue weighted by Gasteiger charge is -2.20. The van der Waals surface area contributed by atoms with E-state index in [1.54, 1.807) is 7.11 Å². The molecular weight excluding hydrogens is 492 g/mol. The van der Waals surface area contributed by atoms with Crippen molar-refractivity contribution in [3.8, 4) is 23.0 Å². The first-order valence-electron chi connectivity index (χ1n) is 10.6. The first-order valence-corrected chi connectivity index (χ1v) is 11.8. The molecule has 0 aliphatic carbocycles. The van der Waals surface area contributed by atoms with E-state index in [0.29, 0.717) is 48.5 Å². The van der Waals surface area contributed by atoms with E-state index in [2.05, 4.69) is 31.2 Å². The Kier molecular flexibility index (Phi) is 7.69. The Morgan fingerprint density at radius 2 is 2.09 bits per heavy atom. The molecule has 0 bridgehead atoms. The van der Waals surface area contributed by atoms with Crippen LogP contribution >= 0.6 is 15.9 Å². The molecule has 2 heterocycles. The van der Waals surface area contributed by atoms with Gasteiger partial charge in [-0.05, 0) is 31.2 Å². The molecule has 9 nitrogen and oxygen atoms in total. The molecule has 0 spiro atoms. The number of ether oxygens (including phenoxy) is 4. The van der Waals surface area contributed by atoms with Gasteiger partial charge in [-0.1, -0.05) is 22.0 Å². The van der Waals surface area contributed by atoms with Gasteiger partial charge in [-0.15, -0.1) is 0 Å². The molecule has 0 radical (unpaired) electrons. The van der Waals surface area contributed by atoms with Gasteiger partial charge < -0.3 is 29.4 Å². The highest BCUT2D eigenvalue weighted by Crippen LogP contribution is 2.44. The van der Waals surface area contributed by atoms with Gasteiger partial charge >= 0.3 is 0 Å². The maximum atomic E-state index is 9.29. The van der Waals surface area contributed by atoms with Gasteiger partial charge in [0, 0.05) is 29.9 Å². The molecule has 1 aromatic heterocycles. The minimum absolute atomic E-state index is 0.0834. The number of nitrogens with one attached hydrogen (secondary N) is 1. The molecule has 2 aromatic carbocycles. The van der Waals surface area contributed by atoms with Gasteiger partial charge in [0.05, 0.1) is 31.5 Å². The van der Waals surface area contributed by atoms with Crippen LogP contribution in [0.25, 0.3) is 10.9 Å². The predicted octanol–water partition coefficient (Wildman–Crippen LogP) is 3.70. The number of likely N-dealkylation sites (N-methyl/N-ethyl adjacent to an activating group) is 1. The molecule has 4 rings (SSSR count). The normalized spacial score (nSPS) is 12.4. The number of nitrogens with zero attached hydrogens (tertiary/aromatic N) is 3. The Labute approximate surface area is 200 Å². The summed E-state index contributed by atoms with van der Waals surface area (Å²) in [6.45, 7) is 1.96. The van der Waals surface area contributed by atoms with Crippen LogP contribution in [0, 0.1) is 0 Å². The Balaban J connectivity index is 1.74. The monoisotopic (exact) mass is 518 g/mol. The summed E-state index contributed by atoms with van der Waals surface area (Å²) in [4.78, 5) is 10.9. The van der Waals surface area contributed by atoms with E-state index in [0.717, 1.165) is 33.9 Å². The summed E-state index contributed by atoms with van der Waals surface area (Å²) in [5.74, 6) is 3.17. The SMILES string of the molecule is COc1cc2ncnc(Nc3c(CN(C)CCO)ccc4c3OCO4)c2cc1OCCCBr. The number of rotatable bonds is 11.